The summed E-state index contributed by atoms with van der Waals surface area (Å²) in [6.45, 7) is 4.25. The van der Waals surface area contributed by atoms with E-state index in [-0.39, 0.29) is 35.9 Å². The van der Waals surface area contributed by atoms with Crippen molar-refractivity contribution in [1.82, 2.24) is 0 Å². The van der Waals surface area contributed by atoms with Crippen LogP contribution in [0.15, 0.2) is 11.6 Å². The van der Waals surface area contributed by atoms with Gasteiger partial charge in [0.25, 0.3) is 0 Å². The number of fused-ring (bicyclic) bond motifs is 5. The minimum absolute atomic E-state index is 0.0827. The highest BCUT2D eigenvalue weighted by atomic mass is 16.7. The Balaban J connectivity index is 1.21. The summed E-state index contributed by atoms with van der Waals surface area (Å²) in [5.41, 5.74) is -2.52. The number of methoxy groups -OCH3 is 1. The average molecular weight is 549 g/mol. The number of aldehydes is 1. The van der Waals surface area contributed by atoms with Crippen molar-refractivity contribution in [2.45, 2.75) is 120 Å². The molecule has 0 aromatic rings. The summed E-state index contributed by atoms with van der Waals surface area (Å²) in [5, 5.41) is 34.8. The summed E-state index contributed by atoms with van der Waals surface area (Å²) in [6.07, 6.45) is 6.10. The van der Waals surface area contributed by atoms with E-state index in [0.717, 1.165) is 31.1 Å². The van der Waals surface area contributed by atoms with Gasteiger partial charge in [-0.25, -0.2) is 4.79 Å². The van der Waals surface area contributed by atoms with E-state index in [2.05, 4.69) is 6.92 Å². The van der Waals surface area contributed by atoms with E-state index < -0.39 is 40.5 Å². The van der Waals surface area contributed by atoms with Crippen LogP contribution in [0.3, 0.4) is 0 Å². The molecule has 6 aliphatic rings. The molecular weight excluding hydrogens is 504 g/mol. The third-order valence-corrected chi connectivity index (χ3v) is 12.1. The number of hydrogen-bond acceptors (Lipinski definition) is 9. The third-order valence-electron chi connectivity index (χ3n) is 12.1. The Kier molecular flexibility index (Phi) is 6.84. The fourth-order valence-corrected chi connectivity index (χ4v) is 9.98. The molecule has 9 nitrogen and oxygen atoms in total. The Morgan fingerprint density at radius 1 is 1.08 bits per heavy atom. The lowest BCUT2D eigenvalue weighted by Gasteiger charge is -2.65. The molecule has 0 spiro atoms. The number of rotatable bonds is 5. The molecule has 3 N–H and O–H groups in total. The molecule has 2 heterocycles. The van der Waals surface area contributed by atoms with Crippen molar-refractivity contribution >= 4 is 12.3 Å². The second-order valence-electron chi connectivity index (χ2n) is 13.5. The fourth-order valence-electron chi connectivity index (χ4n) is 9.98. The number of carbonyl (C=O) groups excluding carboxylic acids is 2. The van der Waals surface area contributed by atoms with Crippen LogP contribution in [-0.4, -0.2) is 83.2 Å². The Morgan fingerprint density at radius 2 is 1.85 bits per heavy atom. The summed E-state index contributed by atoms with van der Waals surface area (Å²) in [5.74, 6) is -0.420. The normalized spacial score (nSPS) is 53.3. The lowest BCUT2D eigenvalue weighted by atomic mass is 9.41. The van der Waals surface area contributed by atoms with Gasteiger partial charge in [-0.15, -0.1) is 0 Å². The summed E-state index contributed by atoms with van der Waals surface area (Å²) in [7, 11) is 1.57. The monoisotopic (exact) mass is 548 g/mol. The van der Waals surface area contributed by atoms with Crippen LogP contribution in [0.5, 0.6) is 0 Å². The lowest BCUT2D eigenvalue weighted by Crippen LogP contribution is -2.69. The number of esters is 1. The van der Waals surface area contributed by atoms with Gasteiger partial charge >= 0.3 is 5.97 Å². The van der Waals surface area contributed by atoms with Gasteiger partial charge in [-0.05, 0) is 81.6 Å². The zero-order valence-corrected chi connectivity index (χ0v) is 23.3. The topological polar surface area (TPSA) is 132 Å². The molecule has 4 saturated carbocycles. The van der Waals surface area contributed by atoms with Gasteiger partial charge in [-0.1, -0.05) is 6.92 Å². The molecule has 4 aliphatic carbocycles. The molecule has 9 heteroatoms. The van der Waals surface area contributed by atoms with Crippen LogP contribution in [-0.2, 0) is 28.5 Å². The van der Waals surface area contributed by atoms with Gasteiger partial charge in [0.15, 0.2) is 6.29 Å². The van der Waals surface area contributed by atoms with Gasteiger partial charge in [0.2, 0.25) is 0 Å². The molecule has 1 saturated heterocycles. The number of aliphatic hydroxyl groups excluding tert-OH is 1. The highest BCUT2D eigenvalue weighted by Crippen LogP contribution is 2.70. The summed E-state index contributed by atoms with van der Waals surface area (Å²) in [6, 6.07) is 0. The zero-order valence-electron chi connectivity index (χ0n) is 23.3. The van der Waals surface area contributed by atoms with Gasteiger partial charge in [-0.2, -0.15) is 0 Å². The van der Waals surface area contributed by atoms with Crippen molar-refractivity contribution in [2.24, 2.45) is 28.6 Å². The molecule has 0 unspecified atom stereocenters. The number of cyclic esters (lactones) is 1. The van der Waals surface area contributed by atoms with Crippen molar-refractivity contribution < 1.29 is 43.9 Å². The Labute approximate surface area is 230 Å². The number of aliphatic hydroxyl groups is 3. The minimum Gasteiger partial charge on any atom is -0.458 e. The van der Waals surface area contributed by atoms with Crippen molar-refractivity contribution in [3.63, 3.8) is 0 Å². The van der Waals surface area contributed by atoms with Gasteiger partial charge in [0.1, 0.15) is 19.0 Å². The molecule has 2 aliphatic heterocycles. The molecule has 12 atom stereocenters. The van der Waals surface area contributed by atoms with Crippen LogP contribution in [0, 0.1) is 28.6 Å². The van der Waals surface area contributed by atoms with Crippen LogP contribution in [0.25, 0.3) is 0 Å². The first kappa shape index (κ1) is 27.8. The predicted octanol–water partition coefficient (Wildman–Crippen LogP) is 2.43. The van der Waals surface area contributed by atoms with Crippen LogP contribution in [0.2, 0.25) is 0 Å². The SMILES string of the molecule is CO[C@H]1C[C@H](O[C@H]2CC[C@]3(C=O)[C@@H]4CC[C@]5(C)[C@@H](C6=CC(=O)OC6)CC[C@@]5(O)[C@@H]4CC[C@@]3(O)C2)O[C@H](C)[C@H]1O. The van der Waals surface area contributed by atoms with Crippen LogP contribution in [0.1, 0.15) is 78.1 Å². The summed E-state index contributed by atoms with van der Waals surface area (Å²) >= 11 is 0. The maximum Gasteiger partial charge on any atom is 0.331 e. The van der Waals surface area contributed by atoms with Gasteiger partial charge in [-0.3, -0.25) is 0 Å². The van der Waals surface area contributed by atoms with E-state index >= 15 is 0 Å². The Morgan fingerprint density at radius 3 is 2.54 bits per heavy atom. The highest BCUT2D eigenvalue weighted by Gasteiger charge is 2.71. The Bertz CT molecular complexity index is 1030. The standard InChI is InChI=1S/C30H44O9/c1-17-26(33)23(36-3)13-25(38-17)39-19-4-9-28(16-31)21-5-8-27(2)20(18-12-24(32)37-15-18)7-11-30(27,35)22(21)6-10-29(28,34)14-19/h12,16-17,19-23,25-26,33-35H,4-11,13-15H2,1-3H3/t17-,19+,20-,21-,22-,23+,25+,26-,27-,28+,29-,30-/m1/s1. The minimum atomic E-state index is -1.21. The molecule has 5 fully saturated rings. The van der Waals surface area contributed by atoms with Gasteiger partial charge in [0.05, 0.1) is 34.9 Å². The van der Waals surface area contributed by atoms with E-state index in [1.807, 2.05) is 0 Å². The molecule has 6 rings (SSSR count). The summed E-state index contributed by atoms with van der Waals surface area (Å²) < 4.78 is 22.9. The molecule has 0 radical (unpaired) electrons. The van der Waals surface area contributed by atoms with Crippen molar-refractivity contribution in [3.8, 4) is 0 Å². The fraction of sp³-hybridized carbons (Fsp3) is 0.867. The highest BCUT2D eigenvalue weighted by molar-refractivity contribution is 5.85. The molecule has 218 valence electrons. The maximum absolute atomic E-state index is 13.0. The van der Waals surface area contributed by atoms with Crippen LogP contribution >= 0.6 is 0 Å². The first-order valence-corrected chi connectivity index (χ1v) is 14.8. The van der Waals surface area contributed by atoms with E-state index in [0.29, 0.717) is 51.6 Å². The quantitative estimate of drug-likeness (QED) is 0.269. The third kappa shape index (κ3) is 3.94. The predicted molar refractivity (Wildman–Crippen MR) is 138 cm³/mol. The second-order valence-corrected chi connectivity index (χ2v) is 13.5. The maximum atomic E-state index is 13.0. The average Bonchev–Trinajstić information content (AvgIpc) is 3.45. The Hall–Kier alpha value is -1.36. The number of carbonyl (C=O) groups is 2. The molecule has 0 bridgehead atoms. The lowest BCUT2D eigenvalue weighted by molar-refractivity contribution is -0.287. The van der Waals surface area contributed by atoms with Crippen molar-refractivity contribution in [3.05, 3.63) is 11.6 Å². The first-order valence-electron chi connectivity index (χ1n) is 14.8. The zero-order chi connectivity index (χ0) is 27.8. The first-order chi connectivity index (χ1) is 18.5. The molecular formula is C30H44O9. The second kappa shape index (κ2) is 9.60. The van der Waals surface area contributed by atoms with Gasteiger partial charge < -0.3 is 39.1 Å². The van der Waals surface area contributed by atoms with Crippen LogP contribution < -0.4 is 0 Å². The number of hydrogen-bond donors (Lipinski definition) is 3. The van der Waals surface area contributed by atoms with E-state index in [1.165, 1.54) is 0 Å². The van der Waals surface area contributed by atoms with Crippen molar-refractivity contribution in [2.75, 3.05) is 13.7 Å². The van der Waals surface area contributed by atoms with E-state index in [1.54, 1.807) is 20.1 Å². The number of ether oxygens (including phenoxy) is 4. The smallest absolute Gasteiger partial charge is 0.331 e. The van der Waals surface area contributed by atoms with Crippen molar-refractivity contribution in [1.29, 1.82) is 0 Å². The van der Waals surface area contributed by atoms with E-state index in [4.69, 9.17) is 18.9 Å². The molecule has 39 heavy (non-hydrogen) atoms. The molecule has 0 aromatic carbocycles. The summed E-state index contributed by atoms with van der Waals surface area (Å²) in [4.78, 5) is 24.8. The van der Waals surface area contributed by atoms with E-state index in [9.17, 15) is 24.9 Å². The largest absolute Gasteiger partial charge is 0.458 e. The van der Waals surface area contributed by atoms with Crippen LogP contribution in [0.4, 0.5) is 0 Å². The van der Waals surface area contributed by atoms with Gasteiger partial charge in [0, 0.05) is 31.4 Å². The molecule has 0 aromatic heterocycles. The molecule has 0 amide bonds.